The van der Waals surface area contributed by atoms with Crippen molar-refractivity contribution in [3.8, 4) is 0 Å². The topological polar surface area (TPSA) is 20.2 Å². The molecule has 1 atom stereocenters. The summed E-state index contributed by atoms with van der Waals surface area (Å²) in [6, 6.07) is 7.85. The maximum absolute atomic E-state index is 9.17. The van der Waals surface area contributed by atoms with Gasteiger partial charge >= 0.3 is 0 Å². The number of rotatable bonds is 5. The summed E-state index contributed by atoms with van der Waals surface area (Å²) in [6.45, 7) is 2.38. The highest BCUT2D eigenvalue weighted by Crippen LogP contribution is 2.20. The van der Waals surface area contributed by atoms with E-state index in [1.807, 2.05) is 24.3 Å². The predicted octanol–water partition coefficient (Wildman–Crippen LogP) is 3.29. The van der Waals surface area contributed by atoms with E-state index in [4.69, 9.17) is 16.7 Å². The molecule has 1 N–H and O–H groups in total. The average molecular weight is 213 g/mol. The maximum Gasteiger partial charge on any atom is 0.0462 e. The fraction of sp³-hybridized carbons (Fsp3) is 0.500. The molecule has 0 saturated heterocycles. The highest BCUT2D eigenvalue weighted by atomic mass is 35.5. The molecule has 1 aromatic carbocycles. The van der Waals surface area contributed by atoms with Crippen molar-refractivity contribution >= 4 is 11.6 Å². The summed E-state index contributed by atoms with van der Waals surface area (Å²) in [5, 5.41) is 9.97. The Morgan fingerprint density at radius 2 is 2.07 bits per heavy atom. The standard InChI is InChI=1S/C12H17ClO/c1-2-5-10(9-14)8-11-6-3-4-7-12(11)13/h3-4,6-7,10,14H,2,5,8-9H2,1H3. The summed E-state index contributed by atoms with van der Waals surface area (Å²) < 4.78 is 0. The summed E-state index contributed by atoms with van der Waals surface area (Å²) in [7, 11) is 0. The first kappa shape index (κ1) is 11.5. The number of benzene rings is 1. The molecule has 0 aliphatic heterocycles. The van der Waals surface area contributed by atoms with Crippen LogP contribution < -0.4 is 0 Å². The van der Waals surface area contributed by atoms with Crippen LogP contribution >= 0.6 is 11.6 Å². The van der Waals surface area contributed by atoms with Gasteiger partial charge in [0.15, 0.2) is 0 Å². The third-order valence-corrected chi connectivity index (χ3v) is 2.79. The summed E-state index contributed by atoms with van der Waals surface area (Å²) in [5.74, 6) is 0.347. The minimum atomic E-state index is 0.249. The van der Waals surface area contributed by atoms with Crippen LogP contribution in [0.15, 0.2) is 24.3 Å². The van der Waals surface area contributed by atoms with Gasteiger partial charge in [0.25, 0.3) is 0 Å². The second-order valence-corrected chi connectivity index (χ2v) is 4.04. The van der Waals surface area contributed by atoms with E-state index in [1.54, 1.807) is 0 Å². The number of aliphatic hydroxyl groups is 1. The number of halogens is 1. The van der Waals surface area contributed by atoms with Gasteiger partial charge in [0, 0.05) is 11.6 Å². The normalized spacial score (nSPS) is 12.8. The van der Waals surface area contributed by atoms with Gasteiger partial charge in [-0.15, -0.1) is 0 Å². The third-order valence-electron chi connectivity index (χ3n) is 2.42. The molecular weight excluding hydrogens is 196 g/mol. The van der Waals surface area contributed by atoms with Gasteiger partial charge in [0.1, 0.15) is 0 Å². The highest BCUT2D eigenvalue weighted by Gasteiger charge is 2.09. The van der Waals surface area contributed by atoms with Crippen molar-refractivity contribution in [3.05, 3.63) is 34.9 Å². The van der Waals surface area contributed by atoms with Crippen LogP contribution in [0.1, 0.15) is 25.3 Å². The van der Waals surface area contributed by atoms with Crippen LogP contribution in [0.3, 0.4) is 0 Å². The lowest BCUT2D eigenvalue weighted by atomic mass is 9.96. The summed E-state index contributed by atoms with van der Waals surface area (Å²) in [5.41, 5.74) is 1.14. The average Bonchev–Trinajstić information content (AvgIpc) is 2.20. The molecule has 0 bridgehead atoms. The fourth-order valence-corrected chi connectivity index (χ4v) is 1.85. The number of hydrogen-bond acceptors (Lipinski definition) is 1. The largest absolute Gasteiger partial charge is 0.396 e. The molecule has 0 amide bonds. The zero-order chi connectivity index (χ0) is 10.4. The van der Waals surface area contributed by atoms with Crippen molar-refractivity contribution in [2.75, 3.05) is 6.61 Å². The SMILES string of the molecule is CCCC(CO)Cc1ccccc1Cl. The van der Waals surface area contributed by atoms with Crippen LogP contribution in [0.4, 0.5) is 0 Å². The molecule has 1 nitrogen and oxygen atoms in total. The van der Waals surface area contributed by atoms with E-state index in [1.165, 1.54) is 0 Å². The molecule has 1 unspecified atom stereocenters. The molecule has 0 aliphatic carbocycles. The second kappa shape index (κ2) is 6.05. The molecule has 1 aromatic rings. The lowest BCUT2D eigenvalue weighted by Gasteiger charge is -2.13. The van der Waals surface area contributed by atoms with Gasteiger partial charge in [-0.05, 0) is 30.4 Å². The summed E-state index contributed by atoms with van der Waals surface area (Å²) in [4.78, 5) is 0. The zero-order valence-electron chi connectivity index (χ0n) is 8.54. The lowest BCUT2D eigenvalue weighted by molar-refractivity contribution is 0.217. The summed E-state index contributed by atoms with van der Waals surface area (Å²) in [6.07, 6.45) is 3.04. The molecule has 1 rings (SSSR count). The predicted molar refractivity (Wildman–Crippen MR) is 60.6 cm³/mol. The van der Waals surface area contributed by atoms with Gasteiger partial charge in [-0.2, -0.15) is 0 Å². The van der Waals surface area contributed by atoms with Crippen molar-refractivity contribution in [3.63, 3.8) is 0 Å². The van der Waals surface area contributed by atoms with Crippen LogP contribution in [0.2, 0.25) is 5.02 Å². The van der Waals surface area contributed by atoms with Gasteiger partial charge in [0.05, 0.1) is 0 Å². The smallest absolute Gasteiger partial charge is 0.0462 e. The Hall–Kier alpha value is -0.530. The molecule has 0 radical (unpaired) electrons. The van der Waals surface area contributed by atoms with Gasteiger partial charge in [-0.3, -0.25) is 0 Å². The van der Waals surface area contributed by atoms with E-state index >= 15 is 0 Å². The Bertz CT molecular complexity index is 273. The monoisotopic (exact) mass is 212 g/mol. The Labute approximate surface area is 90.7 Å². The Morgan fingerprint density at radius 1 is 1.36 bits per heavy atom. The first-order valence-corrected chi connectivity index (χ1v) is 5.50. The van der Waals surface area contributed by atoms with E-state index in [0.29, 0.717) is 5.92 Å². The van der Waals surface area contributed by atoms with Gasteiger partial charge in [-0.25, -0.2) is 0 Å². The Balaban J connectivity index is 2.62. The van der Waals surface area contributed by atoms with Crippen molar-refractivity contribution in [1.82, 2.24) is 0 Å². The molecule has 2 heteroatoms. The molecule has 0 fully saturated rings. The maximum atomic E-state index is 9.17. The number of aliphatic hydroxyl groups excluding tert-OH is 1. The molecule has 0 aliphatic rings. The molecular formula is C12H17ClO. The Kier molecular flexibility index (Phi) is 4.99. The van der Waals surface area contributed by atoms with Gasteiger partial charge in [-0.1, -0.05) is 43.1 Å². The molecule has 14 heavy (non-hydrogen) atoms. The van der Waals surface area contributed by atoms with E-state index in [-0.39, 0.29) is 6.61 Å². The minimum absolute atomic E-state index is 0.249. The van der Waals surface area contributed by atoms with E-state index in [9.17, 15) is 0 Å². The third kappa shape index (κ3) is 3.32. The van der Waals surface area contributed by atoms with Crippen LogP contribution in [0, 0.1) is 5.92 Å². The quantitative estimate of drug-likeness (QED) is 0.794. The van der Waals surface area contributed by atoms with Gasteiger partial charge < -0.3 is 5.11 Å². The summed E-state index contributed by atoms with van der Waals surface area (Å²) >= 11 is 6.04. The number of hydrogen-bond donors (Lipinski definition) is 1. The fourth-order valence-electron chi connectivity index (χ4n) is 1.64. The van der Waals surface area contributed by atoms with E-state index in [0.717, 1.165) is 29.8 Å². The first-order valence-electron chi connectivity index (χ1n) is 5.12. The molecule has 78 valence electrons. The van der Waals surface area contributed by atoms with Crippen LogP contribution in [-0.4, -0.2) is 11.7 Å². The minimum Gasteiger partial charge on any atom is -0.396 e. The highest BCUT2D eigenvalue weighted by molar-refractivity contribution is 6.31. The second-order valence-electron chi connectivity index (χ2n) is 3.63. The Morgan fingerprint density at radius 3 is 2.64 bits per heavy atom. The van der Waals surface area contributed by atoms with Crippen molar-refractivity contribution in [2.24, 2.45) is 5.92 Å². The zero-order valence-corrected chi connectivity index (χ0v) is 9.30. The van der Waals surface area contributed by atoms with Crippen molar-refractivity contribution < 1.29 is 5.11 Å². The molecule has 0 aromatic heterocycles. The van der Waals surface area contributed by atoms with Crippen LogP contribution in [-0.2, 0) is 6.42 Å². The van der Waals surface area contributed by atoms with Crippen molar-refractivity contribution in [2.45, 2.75) is 26.2 Å². The van der Waals surface area contributed by atoms with E-state index in [2.05, 4.69) is 6.92 Å². The lowest BCUT2D eigenvalue weighted by Crippen LogP contribution is -2.09. The van der Waals surface area contributed by atoms with Gasteiger partial charge in [0.2, 0.25) is 0 Å². The van der Waals surface area contributed by atoms with Crippen molar-refractivity contribution in [1.29, 1.82) is 0 Å². The van der Waals surface area contributed by atoms with E-state index < -0.39 is 0 Å². The molecule has 0 saturated carbocycles. The molecule has 0 spiro atoms. The van der Waals surface area contributed by atoms with Crippen LogP contribution in [0.5, 0.6) is 0 Å². The molecule has 0 heterocycles. The first-order chi connectivity index (χ1) is 6.77. The van der Waals surface area contributed by atoms with Crippen LogP contribution in [0.25, 0.3) is 0 Å².